The summed E-state index contributed by atoms with van der Waals surface area (Å²) in [6, 6.07) is 10.4. The number of hydrogen-bond donors (Lipinski definition) is 1. The quantitative estimate of drug-likeness (QED) is 0.827. The molecular weight excluding hydrogens is 335 g/mol. The van der Waals surface area contributed by atoms with Gasteiger partial charge in [0.1, 0.15) is 11.6 Å². The van der Waals surface area contributed by atoms with Crippen LogP contribution in [0.1, 0.15) is 17.2 Å². The third-order valence-electron chi connectivity index (χ3n) is 2.48. The normalized spacial score (nSPS) is 12.5. The monoisotopic (exact) mass is 345 g/mol. The Labute approximate surface area is 112 Å². The van der Waals surface area contributed by atoms with Gasteiger partial charge in [-0.1, -0.05) is 18.2 Å². The molecule has 0 spiro atoms. The van der Waals surface area contributed by atoms with Gasteiger partial charge in [0, 0.05) is 9.64 Å². The summed E-state index contributed by atoms with van der Waals surface area (Å²) in [7, 11) is 0. The first-order valence-electron chi connectivity index (χ1n) is 5.04. The van der Waals surface area contributed by atoms with Crippen LogP contribution in [0.3, 0.4) is 0 Å². The number of hydrogen-bond acceptors (Lipinski definition) is 1. The molecule has 1 atom stereocenters. The molecule has 0 bridgehead atoms. The lowest BCUT2D eigenvalue weighted by Gasteiger charge is -2.14. The standard InChI is InChI=1S/C13H10F2IN/c14-9-5-8(6-10(15)7-9)13(17)11-3-1-2-4-12(11)16/h1-7,13H,17H2. The number of nitrogens with two attached hydrogens (primary N) is 1. The molecule has 2 rings (SSSR count). The van der Waals surface area contributed by atoms with Crippen molar-refractivity contribution in [2.75, 3.05) is 0 Å². The van der Waals surface area contributed by atoms with Crippen molar-refractivity contribution in [1.29, 1.82) is 0 Å². The van der Waals surface area contributed by atoms with Gasteiger partial charge in [0.2, 0.25) is 0 Å². The van der Waals surface area contributed by atoms with Crippen molar-refractivity contribution in [2.45, 2.75) is 6.04 Å². The Kier molecular flexibility index (Phi) is 3.73. The molecule has 0 saturated heterocycles. The van der Waals surface area contributed by atoms with Gasteiger partial charge in [0.15, 0.2) is 0 Å². The van der Waals surface area contributed by atoms with Gasteiger partial charge in [0.25, 0.3) is 0 Å². The van der Waals surface area contributed by atoms with E-state index < -0.39 is 17.7 Å². The molecule has 0 aliphatic carbocycles. The second-order valence-electron chi connectivity index (χ2n) is 3.70. The van der Waals surface area contributed by atoms with Crippen molar-refractivity contribution in [3.8, 4) is 0 Å². The van der Waals surface area contributed by atoms with Crippen LogP contribution in [0.2, 0.25) is 0 Å². The topological polar surface area (TPSA) is 26.0 Å². The van der Waals surface area contributed by atoms with Crippen LogP contribution in [0.5, 0.6) is 0 Å². The summed E-state index contributed by atoms with van der Waals surface area (Å²) in [5, 5.41) is 0. The molecule has 0 saturated carbocycles. The molecule has 17 heavy (non-hydrogen) atoms. The van der Waals surface area contributed by atoms with Crippen molar-refractivity contribution in [3.05, 3.63) is 68.8 Å². The van der Waals surface area contributed by atoms with Crippen LogP contribution in [0, 0.1) is 15.2 Å². The summed E-state index contributed by atoms with van der Waals surface area (Å²) >= 11 is 2.15. The maximum Gasteiger partial charge on any atom is 0.126 e. The molecule has 0 aliphatic heterocycles. The second kappa shape index (κ2) is 5.10. The second-order valence-corrected chi connectivity index (χ2v) is 4.86. The zero-order valence-electron chi connectivity index (χ0n) is 8.83. The third-order valence-corrected chi connectivity index (χ3v) is 3.47. The smallest absolute Gasteiger partial charge is 0.126 e. The van der Waals surface area contributed by atoms with Gasteiger partial charge in [-0.2, -0.15) is 0 Å². The van der Waals surface area contributed by atoms with Crippen LogP contribution in [0.15, 0.2) is 42.5 Å². The van der Waals surface area contributed by atoms with Gasteiger partial charge in [-0.25, -0.2) is 8.78 Å². The van der Waals surface area contributed by atoms with E-state index in [0.717, 1.165) is 15.2 Å². The first-order chi connectivity index (χ1) is 8.08. The van der Waals surface area contributed by atoms with Crippen LogP contribution in [0.4, 0.5) is 8.78 Å². The average molecular weight is 345 g/mol. The summed E-state index contributed by atoms with van der Waals surface area (Å²) in [5.74, 6) is -1.22. The third kappa shape index (κ3) is 2.81. The summed E-state index contributed by atoms with van der Waals surface area (Å²) in [6.07, 6.45) is 0. The fourth-order valence-electron chi connectivity index (χ4n) is 1.66. The van der Waals surface area contributed by atoms with Crippen LogP contribution in [-0.4, -0.2) is 0 Å². The van der Waals surface area contributed by atoms with Crippen molar-refractivity contribution < 1.29 is 8.78 Å². The van der Waals surface area contributed by atoms with Gasteiger partial charge in [-0.15, -0.1) is 0 Å². The predicted octanol–water partition coefficient (Wildman–Crippen LogP) is 3.62. The molecule has 4 heteroatoms. The highest BCUT2D eigenvalue weighted by molar-refractivity contribution is 14.1. The van der Waals surface area contributed by atoms with E-state index in [9.17, 15) is 8.78 Å². The largest absolute Gasteiger partial charge is 0.320 e. The van der Waals surface area contributed by atoms with E-state index >= 15 is 0 Å². The fourth-order valence-corrected chi connectivity index (χ4v) is 2.38. The zero-order chi connectivity index (χ0) is 12.4. The highest BCUT2D eigenvalue weighted by atomic mass is 127. The van der Waals surface area contributed by atoms with Crippen molar-refractivity contribution >= 4 is 22.6 Å². The number of halogens is 3. The van der Waals surface area contributed by atoms with E-state index in [1.165, 1.54) is 12.1 Å². The van der Waals surface area contributed by atoms with E-state index in [0.29, 0.717) is 5.56 Å². The summed E-state index contributed by atoms with van der Waals surface area (Å²) in [6.45, 7) is 0. The van der Waals surface area contributed by atoms with E-state index in [-0.39, 0.29) is 0 Å². The molecule has 2 aromatic rings. The van der Waals surface area contributed by atoms with Gasteiger partial charge >= 0.3 is 0 Å². The molecule has 2 N–H and O–H groups in total. The van der Waals surface area contributed by atoms with Crippen LogP contribution >= 0.6 is 22.6 Å². The minimum absolute atomic E-state index is 0.437. The van der Waals surface area contributed by atoms with Crippen LogP contribution < -0.4 is 5.73 Å². The van der Waals surface area contributed by atoms with Gasteiger partial charge < -0.3 is 5.73 Å². The minimum atomic E-state index is -0.610. The molecule has 0 heterocycles. The van der Waals surface area contributed by atoms with Crippen molar-refractivity contribution in [1.82, 2.24) is 0 Å². The molecule has 0 aromatic heterocycles. The first kappa shape index (κ1) is 12.4. The maximum absolute atomic E-state index is 13.1. The average Bonchev–Trinajstić information content (AvgIpc) is 2.27. The number of benzene rings is 2. The molecule has 88 valence electrons. The van der Waals surface area contributed by atoms with Gasteiger partial charge in [-0.05, 0) is 51.9 Å². The Hall–Kier alpha value is -1.01. The molecule has 0 aliphatic rings. The molecule has 0 amide bonds. The SMILES string of the molecule is NC(c1cc(F)cc(F)c1)c1ccccc1I. The van der Waals surface area contributed by atoms with E-state index in [4.69, 9.17) is 5.73 Å². The molecule has 0 fully saturated rings. The summed E-state index contributed by atoms with van der Waals surface area (Å²) < 4.78 is 27.2. The highest BCUT2D eigenvalue weighted by Crippen LogP contribution is 2.25. The number of rotatable bonds is 2. The lowest BCUT2D eigenvalue weighted by molar-refractivity contribution is 0.577. The Morgan fingerprint density at radius 1 is 1.00 bits per heavy atom. The highest BCUT2D eigenvalue weighted by Gasteiger charge is 2.13. The minimum Gasteiger partial charge on any atom is -0.320 e. The van der Waals surface area contributed by atoms with Crippen LogP contribution in [-0.2, 0) is 0 Å². The molecule has 1 unspecified atom stereocenters. The van der Waals surface area contributed by atoms with Crippen molar-refractivity contribution in [3.63, 3.8) is 0 Å². The van der Waals surface area contributed by atoms with E-state index in [2.05, 4.69) is 22.6 Å². The molecular formula is C13H10F2IN. The molecule has 2 aromatic carbocycles. The van der Waals surface area contributed by atoms with Gasteiger partial charge in [0.05, 0.1) is 6.04 Å². The van der Waals surface area contributed by atoms with Crippen LogP contribution in [0.25, 0.3) is 0 Å². The molecule has 0 radical (unpaired) electrons. The lowest BCUT2D eigenvalue weighted by atomic mass is 9.99. The summed E-state index contributed by atoms with van der Waals surface area (Å²) in [5.41, 5.74) is 7.31. The zero-order valence-corrected chi connectivity index (χ0v) is 11.0. The summed E-state index contributed by atoms with van der Waals surface area (Å²) in [4.78, 5) is 0. The Morgan fingerprint density at radius 3 is 2.18 bits per heavy atom. The first-order valence-corrected chi connectivity index (χ1v) is 6.12. The lowest BCUT2D eigenvalue weighted by Crippen LogP contribution is -2.13. The van der Waals surface area contributed by atoms with Crippen molar-refractivity contribution in [2.24, 2.45) is 5.73 Å². The maximum atomic E-state index is 13.1. The Bertz CT molecular complexity index is 522. The predicted molar refractivity (Wildman–Crippen MR) is 71.5 cm³/mol. The van der Waals surface area contributed by atoms with E-state index in [1.54, 1.807) is 0 Å². The van der Waals surface area contributed by atoms with Gasteiger partial charge in [-0.3, -0.25) is 0 Å². The van der Waals surface area contributed by atoms with E-state index in [1.807, 2.05) is 24.3 Å². The Balaban J connectivity index is 2.43. The molecule has 1 nitrogen and oxygen atoms in total. The fraction of sp³-hybridized carbons (Fsp3) is 0.0769. The Morgan fingerprint density at radius 2 is 1.59 bits per heavy atom.